The van der Waals surface area contributed by atoms with Gasteiger partial charge in [-0.15, -0.1) is 0 Å². The molecular weight excluding hydrogens is 206 g/mol. The molecule has 2 nitrogen and oxygen atoms in total. The highest BCUT2D eigenvalue weighted by atomic mass is 32.2. The Morgan fingerprint density at radius 1 is 1.40 bits per heavy atom. The maximum absolute atomic E-state index is 11.7. The van der Waals surface area contributed by atoms with Crippen LogP contribution in [0.15, 0.2) is 0 Å². The lowest BCUT2D eigenvalue weighted by atomic mass is 10.1. The molecule has 86 valence electrons. The number of carbonyl (C=O) groups is 1. The molecule has 0 aromatic carbocycles. The van der Waals surface area contributed by atoms with Gasteiger partial charge in [0.2, 0.25) is 0 Å². The van der Waals surface area contributed by atoms with Crippen LogP contribution in [0.3, 0.4) is 0 Å². The lowest BCUT2D eigenvalue weighted by Gasteiger charge is -2.26. The zero-order valence-electron chi connectivity index (χ0n) is 9.79. The number of nitrogens with zero attached hydrogens (tertiary/aromatic N) is 1. The smallest absolute Gasteiger partial charge is 0.149 e. The molecule has 0 spiro atoms. The second-order valence-electron chi connectivity index (χ2n) is 5.27. The summed E-state index contributed by atoms with van der Waals surface area (Å²) in [6, 6.07) is 0.263. The molecule has 0 aromatic heterocycles. The Labute approximate surface area is 96.8 Å². The average molecular weight is 227 g/mol. The molecule has 1 unspecified atom stereocenters. The van der Waals surface area contributed by atoms with Crippen molar-refractivity contribution in [1.29, 1.82) is 0 Å². The van der Waals surface area contributed by atoms with Gasteiger partial charge in [-0.3, -0.25) is 9.69 Å². The van der Waals surface area contributed by atoms with Crippen LogP contribution in [0.2, 0.25) is 0 Å². The van der Waals surface area contributed by atoms with Crippen LogP contribution >= 0.6 is 11.8 Å². The summed E-state index contributed by atoms with van der Waals surface area (Å²) < 4.78 is 0.399. The van der Waals surface area contributed by atoms with Gasteiger partial charge in [-0.05, 0) is 19.3 Å². The summed E-state index contributed by atoms with van der Waals surface area (Å²) in [7, 11) is 0. The zero-order valence-corrected chi connectivity index (χ0v) is 10.6. The number of hydrogen-bond acceptors (Lipinski definition) is 3. The molecule has 1 heterocycles. The van der Waals surface area contributed by atoms with Gasteiger partial charge in [0.1, 0.15) is 5.78 Å². The van der Waals surface area contributed by atoms with E-state index in [9.17, 15) is 4.79 Å². The fraction of sp³-hybridized carbons (Fsp3) is 0.917. The van der Waals surface area contributed by atoms with Gasteiger partial charge in [0.15, 0.2) is 0 Å². The van der Waals surface area contributed by atoms with Gasteiger partial charge in [-0.1, -0.05) is 13.8 Å². The van der Waals surface area contributed by atoms with Crippen molar-refractivity contribution in [2.24, 2.45) is 0 Å². The van der Waals surface area contributed by atoms with Crippen molar-refractivity contribution in [1.82, 2.24) is 4.90 Å². The van der Waals surface area contributed by atoms with E-state index in [-0.39, 0.29) is 6.04 Å². The first-order valence-corrected chi connectivity index (χ1v) is 6.98. The molecule has 2 aliphatic rings. The van der Waals surface area contributed by atoms with Crippen LogP contribution < -0.4 is 0 Å². The molecule has 1 saturated carbocycles. The predicted molar refractivity (Wildman–Crippen MR) is 65.4 cm³/mol. The standard InChI is InChI=1S/C12H21NOS/c1-12(2)6-7-13(8-9-15-12)10-4-3-5-11(10)14/h10H,3-9H2,1-2H3. The van der Waals surface area contributed by atoms with E-state index < -0.39 is 0 Å². The van der Waals surface area contributed by atoms with E-state index in [2.05, 4.69) is 30.5 Å². The fourth-order valence-electron chi connectivity index (χ4n) is 2.53. The summed E-state index contributed by atoms with van der Waals surface area (Å²) in [5.74, 6) is 1.66. The normalized spacial score (nSPS) is 32.9. The van der Waals surface area contributed by atoms with Crippen LogP contribution in [0.4, 0.5) is 0 Å². The molecule has 1 atom stereocenters. The number of ketones is 1. The molecule has 1 saturated heterocycles. The fourth-order valence-corrected chi connectivity index (χ4v) is 3.65. The van der Waals surface area contributed by atoms with Crippen molar-refractivity contribution >= 4 is 17.5 Å². The minimum absolute atomic E-state index is 0.263. The van der Waals surface area contributed by atoms with E-state index in [1.807, 2.05) is 0 Å². The molecular formula is C12H21NOS. The number of hydrogen-bond donors (Lipinski definition) is 0. The molecule has 2 fully saturated rings. The summed E-state index contributed by atoms with van der Waals surface area (Å²) in [4.78, 5) is 14.1. The van der Waals surface area contributed by atoms with Gasteiger partial charge < -0.3 is 0 Å². The van der Waals surface area contributed by atoms with E-state index in [1.54, 1.807) is 0 Å². The first kappa shape index (κ1) is 11.5. The largest absolute Gasteiger partial charge is 0.298 e. The average Bonchev–Trinajstić information content (AvgIpc) is 2.49. The van der Waals surface area contributed by atoms with E-state index in [1.165, 1.54) is 12.2 Å². The van der Waals surface area contributed by atoms with Crippen LogP contribution in [0.25, 0.3) is 0 Å². The Bertz CT molecular complexity index is 252. The maximum atomic E-state index is 11.7. The topological polar surface area (TPSA) is 20.3 Å². The lowest BCUT2D eigenvalue weighted by molar-refractivity contribution is -0.121. The van der Waals surface area contributed by atoms with Gasteiger partial charge in [0.25, 0.3) is 0 Å². The Morgan fingerprint density at radius 2 is 2.20 bits per heavy atom. The van der Waals surface area contributed by atoms with Crippen molar-refractivity contribution in [3.8, 4) is 0 Å². The molecule has 0 aromatic rings. The summed E-state index contributed by atoms with van der Waals surface area (Å²) in [5, 5.41) is 0. The molecule has 15 heavy (non-hydrogen) atoms. The van der Waals surface area contributed by atoms with Gasteiger partial charge >= 0.3 is 0 Å². The quantitative estimate of drug-likeness (QED) is 0.686. The van der Waals surface area contributed by atoms with Crippen molar-refractivity contribution in [3.05, 3.63) is 0 Å². The number of carbonyl (C=O) groups excluding carboxylic acids is 1. The molecule has 0 amide bonds. The molecule has 0 N–H and O–H groups in total. The second kappa shape index (κ2) is 4.46. The molecule has 1 aliphatic heterocycles. The Balaban J connectivity index is 1.96. The van der Waals surface area contributed by atoms with Crippen LogP contribution in [-0.2, 0) is 4.79 Å². The van der Waals surface area contributed by atoms with E-state index in [0.29, 0.717) is 10.5 Å². The second-order valence-corrected chi connectivity index (χ2v) is 7.07. The molecule has 0 radical (unpaired) electrons. The van der Waals surface area contributed by atoms with Crippen LogP contribution in [0.1, 0.15) is 39.5 Å². The highest BCUT2D eigenvalue weighted by molar-refractivity contribution is 8.00. The lowest BCUT2D eigenvalue weighted by Crippen LogP contribution is -2.39. The molecule has 1 aliphatic carbocycles. The zero-order chi connectivity index (χ0) is 10.9. The minimum Gasteiger partial charge on any atom is -0.298 e. The van der Waals surface area contributed by atoms with Crippen molar-refractivity contribution in [2.45, 2.75) is 50.3 Å². The summed E-state index contributed by atoms with van der Waals surface area (Å²) in [6.07, 6.45) is 4.24. The van der Waals surface area contributed by atoms with E-state index in [4.69, 9.17) is 0 Å². The third-order valence-corrected chi connectivity index (χ3v) is 4.96. The summed E-state index contributed by atoms with van der Waals surface area (Å²) in [5.41, 5.74) is 0. The van der Waals surface area contributed by atoms with Crippen molar-refractivity contribution in [3.63, 3.8) is 0 Å². The number of Topliss-reactive ketones (excluding diaryl/α,β-unsaturated/α-hetero) is 1. The maximum Gasteiger partial charge on any atom is 0.149 e. The van der Waals surface area contributed by atoms with Crippen molar-refractivity contribution in [2.75, 3.05) is 18.8 Å². The highest BCUT2D eigenvalue weighted by Gasteiger charge is 2.33. The van der Waals surface area contributed by atoms with E-state index in [0.717, 1.165) is 32.4 Å². The third kappa shape index (κ3) is 2.76. The van der Waals surface area contributed by atoms with Gasteiger partial charge in [0.05, 0.1) is 6.04 Å². The Morgan fingerprint density at radius 3 is 2.87 bits per heavy atom. The highest BCUT2D eigenvalue weighted by Crippen LogP contribution is 2.32. The van der Waals surface area contributed by atoms with Crippen LogP contribution in [0.5, 0.6) is 0 Å². The number of rotatable bonds is 1. The van der Waals surface area contributed by atoms with Crippen molar-refractivity contribution < 1.29 is 4.79 Å². The van der Waals surface area contributed by atoms with Gasteiger partial charge in [0, 0.05) is 30.0 Å². The first-order valence-electron chi connectivity index (χ1n) is 5.99. The molecule has 3 heteroatoms. The van der Waals surface area contributed by atoms with Gasteiger partial charge in [-0.2, -0.15) is 11.8 Å². The first-order chi connectivity index (χ1) is 7.08. The third-order valence-electron chi connectivity index (χ3n) is 3.59. The monoisotopic (exact) mass is 227 g/mol. The van der Waals surface area contributed by atoms with Gasteiger partial charge in [-0.25, -0.2) is 0 Å². The number of thioether (sulfide) groups is 1. The van der Waals surface area contributed by atoms with E-state index >= 15 is 0 Å². The minimum atomic E-state index is 0.263. The SMILES string of the molecule is CC1(C)CCN(C2CCCC2=O)CCS1. The molecule has 2 rings (SSSR count). The molecule has 0 bridgehead atoms. The summed E-state index contributed by atoms with van der Waals surface area (Å²) >= 11 is 2.05. The Hall–Kier alpha value is -0.0200. The van der Waals surface area contributed by atoms with Crippen LogP contribution in [-0.4, -0.2) is 40.3 Å². The Kier molecular flexibility index (Phi) is 3.41. The van der Waals surface area contributed by atoms with Crippen LogP contribution in [0, 0.1) is 0 Å². The predicted octanol–water partition coefficient (Wildman–Crippen LogP) is 2.33. The summed E-state index contributed by atoms with van der Waals surface area (Å²) in [6.45, 7) is 6.84.